The zero-order chi connectivity index (χ0) is 19.1. The first kappa shape index (κ1) is 22.7. The lowest BCUT2D eigenvalue weighted by Crippen LogP contribution is -2.29. The highest BCUT2D eigenvalue weighted by atomic mass is 32.2. The van der Waals surface area contributed by atoms with Crippen LogP contribution in [0.5, 0.6) is 0 Å². The molecule has 0 aromatic carbocycles. The van der Waals surface area contributed by atoms with Crippen molar-refractivity contribution in [3.63, 3.8) is 0 Å². The molecule has 10 nitrogen and oxygen atoms in total. The van der Waals surface area contributed by atoms with Crippen molar-refractivity contribution in [2.24, 2.45) is 0 Å². The van der Waals surface area contributed by atoms with Crippen molar-refractivity contribution in [1.29, 1.82) is 0 Å². The molecule has 0 radical (unpaired) electrons. The standard InChI is InChI=1S/C12H26N2O8S3/c15-23(16)12-14(23)9-5-8-13(6-1-3-10-24(17,18)19)7-2-4-11-25(20,21)22/h1-12H2,(H,17,18,19)(H,20,21,22). The van der Waals surface area contributed by atoms with Gasteiger partial charge in [-0.15, -0.1) is 0 Å². The van der Waals surface area contributed by atoms with E-state index in [4.69, 9.17) is 9.11 Å². The van der Waals surface area contributed by atoms with Crippen LogP contribution in [0, 0.1) is 0 Å². The van der Waals surface area contributed by atoms with Crippen LogP contribution in [0.25, 0.3) is 0 Å². The molecule has 1 heterocycles. The van der Waals surface area contributed by atoms with E-state index in [2.05, 4.69) is 0 Å². The average molecular weight is 423 g/mol. The number of sulfonamides is 1. The van der Waals surface area contributed by atoms with Gasteiger partial charge in [0, 0.05) is 6.54 Å². The number of unbranched alkanes of at least 4 members (excludes halogenated alkanes) is 2. The Kier molecular flexibility index (Phi) is 8.71. The van der Waals surface area contributed by atoms with E-state index in [0.29, 0.717) is 58.3 Å². The summed E-state index contributed by atoms with van der Waals surface area (Å²) in [6.45, 7) is 2.15. The van der Waals surface area contributed by atoms with Crippen molar-refractivity contribution in [1.82, 2.24) is 9.21 Å². The monoisotopic (exact) mass is 422 g/mol. The second kappa shape index (κ2) is 9.58. The zero-order valence-electron chi connectivity index (χ0n) is 13.9. The van der Waals surface area contributed by atoms with Crippen molar-refractivity contribution < 1.29 is 34.4 Å². The second-order valence-electron chi connectivity index (χ2n) is 6.10. The highest BCUT2D eigenvalue weighted by molar-refractivity contribution is 7.95. The van der Waals surface area contributed by atoms with Crippen LogP contribution in [0.4, 0.5) is 0 Å². The van der Waals surface area contributed by atoms with Gasteiger partial charge in [0.15, 0.2) is 0 Å². The summed E-state index contributed by atoms with van der Waals surface area (Å²) >= 11 is 0. The lowest BCUT2D eigenvalue weighted by atomic mass is 10.2. The highest BCUT2D eigenvalue weighted by Gasteiger charge is 2.39. The van der Waals surface area contributed by atoms with Gasteiger partial charge in [0.2, 0.25) is 10.0 Å². The molecule has 1 saturated heterocycles. The maximum atomic E-state index is 11.1. The first-order chi connectivity index (χ1) is 11.4. The maximum absolute atomic E-state index is 11.1. The summed E-state index contributed by atoms with van der Waals surface area (Å²) in [7, 11) is -11.0. The van der Waals surface area contributed by atoms with Crippen molar-refractivity contribution in [3.8, 4) is 0 Å². The Morgan fingerprint density at radius 2 is 1.20 bits per heavy atom. The van der Waals surface area contributed by atoms with Gasteiger partial charge in [-0.1, -0.05) is 0 Å². The Hall–Kier alpha value is -0.310. The maximum Gasteiger partial charge on any atom is 0.264 e. The van der Waals surface area contributed by atoms with Gasteiger partial charge < -0.3 is 4.90 Å². The van der Waals surface area contributed by atoms with Crippen LogP contribution in [0.2, 0.25) is 0 Å². The summed E-state index contributed by atoms with van der Waals surface area (Å²) < 4.78 is 83.8. The van der Waals surface area contributed by atoms with Crippen LogP contribution in [0.1, 0.15) is 32.1 Å². The van der Waals surface area contributed by atoms with Crippen LogP contribution in [-0.4, -0.2) is 87.1 Å². The van der Waals surface area contributed by atoms with Crippen molar-refractivity contribution in [2.45, 2.75) is 32.1 Å². The molecule has 0 aromatic heterocycles. The molecule has 13 heteroatoms. The third kappa shape index (κ3) is 11.8. The summed E-state index contributed by atoms with van der Waals surface area (Å²) in [5.74, 6) is -0.541. The normalized spacial score (nSPS) is 20.0. The Labute approximate surface area is 149 Å². The van der Waals surface area contributed by atoms with Crippen LogP contribution in [-0.2, 0) is 30.3 Å². The van der Waals surface area contributed by atoms with Crippen molar-refractivity contribution >= 4 is 30.3 Å². The average Bonchev–Trinajstić information content (AvgIpc) is 3.04. The van der Waals surface area contributed by atoms with Gasteiger partial charge in [0.1, 0.15) is 5.88 Å². The molecule has 1 fully saturated rings. The van der Waals surface area contributed by atoms with Gasteiger partial charge in [-0.2, -0.15) is 21.1 Å². The number of nitrogens with zero attached hydrogens (tertiary/aromatic N) is 2. The molecule has 1 unspecified atom stereocenters. The van der Waals surface area contributed by atoms with E-state index in [1.807, 2.05) is 4.90 Å². The Balaban J connectivity index is 2.31. The summed E-state index contributed by atoms with van der Waals surface area (Å²) in [6.07, 6.45) is 2.32. The molecule has 0 aliphatic carbocycles. The number of hydrogen-bond donors (Lipinski definition) is 2. The topological polar surface area (TPSA) is 149 Å². The number of rotatable bonds is 14. The van der Waals surface area contributed by atoms with Gasteiger partial charge >= 0.3 is 0 Å². The second-order valence-corrected chi connectivity index (χ2v) is 11.2. The molecule has 1 aliphatic heterocycles. The molecule has 0 spiro atoms. The molecule has 25 heavy (non-hydrogen) atoms. The van der Waals surface area contributed by atoms with Gasteiger partial charge in [0.05, 0.1) is 11.5 Å². The lowest BCUT2D eigenvalue weighted by Gasteiger charge is -2.22. The van der Waals surface area contributed by atoms with Crippen molar-refractivity contribution in [2.75, 3.05) is 43.6 Å². The van der Waals surface area contributed by atoms with E-state index in [9.17, 15) is 25.3 Å². The van der Waals surface area contributed by atoms with E-state index in [1.165, 1.54) is 4.31 Å². The van der Waals surface area contributed by atoms with E-state index in [1.54, 1.807) is 0 Å². The molecule has 0 aromatic rings. The Bertz CT molecular complexity index is 677. The molecule has 1 aliphatic rings. The molecule has 0 amide bonds. The van der Waals surface area contributed by atoms with Gasteiger partial charge in [-0.25, -0.2) is 8.42 Å². The van der Waals surface area contributed by atoms with Crippen molar-refractivity contribution in [3.05, 3.63) is 0 Å². The molecule has 1 atom stereocenters. The Morgan fingerprint density at radius 1 is 0.800 bits per heavy atom. The quantitative estimate of drug-likeness (QED) is 0.217. The summed E-state index contributed by atoms with van der Waals surface area (Å²) in [5, 5.41) is 0. The first-order valence-electron chi connectivity index (χ1n) is 7.99. The first-order valence-corrected chi connectivity index (χ1v) is 12.8. The highest BCUT2D eigenvalue weighted by Crippen LogP contribution is 2.18. The van der Waals surface area contributed by atoms with E-state index in [-0.39, 0.29) is 17.4 Å². The largest absolute Gasteiger partial charge is 0.303 e. The minimum atomic E-state index is -3.98. The minimum absolute atomic E-state index is 0.0791. The summed E-state index contributed by atoms with van der Waals surface area (Å²) in [6, 6.07) is 0. The molecule has 150 valence electrons. The minimum Gasteiger partial charge on any atom is -0.303 e. The summed E-state index contributed by atoms with van der Waals surface area (Å²) in [5.41, 5.74) is 0. The van der Waals surface area contributed by atoms with Crippen LogP contribution >= 0.6 is 0 Å². The molecule has 0 saturated carbocycles. The molecule has 0 bridgehead atoms. The predicted octanol–water partition coefficient (Wildman–Crippen LogP) is -0.383. The number of hydrogen-bond acceptors (Lipinski definition) is 7. The third-order valence-electron chi connectivity index (χ3n) is 3.76. The van der Waals surface area contributed by atoms with Gasteiger partial charge in [-0.05, 0) is 51.7 Å². The lowest BCUT2D eigenvalue weighted by molar-refractivity contribution is 0.258. The molecular weight excluding hydrogens is 396 g/mol. The Morgan fingerprint density at radius 3 is 1.56 bits per heavy atom. The van der Waals surface area contributed by atoms with E-state index in [0.717, 1.165) is 0 Å². The fourth-order valence-corrected chi connectivity index (χ4v) is 4.66. The van der Waals surface area contributed by atoms with Crippen LogP contribution < -0.4 is 0 Å². The zero-order valence-corrected chi connectivity index (χ0v) is 16.4. The molecule has 1 rings (SSSR count). The van der Waals surface area contributed by atoms with Crippen LogP contribution in [0.15, 0.2) is 0 Å². The van der Waals surface area contributed by atoms with E-state index < -0.39 is 30.3 Å². The predicted molar refractivity (Wildman–Crippen MR) is 92.8 cm³/mol. The summed E-state index contributed by atoms with van der Waals surface area (Å²) in [4.78, 5) is 2.00. The smallest absolute Gasteiger partial charge is 0.264 e. The third-order valence-corrected chi connectivity index (χ3v) is 6.81. The van der Waals surface area contributed by atoms with E-state index >= 15 is 0 Å². The van der Waals surface area contributed by atoms with Crippen LogP contribution in [0.3, 0.4) is 0 Å². The fraction of sp³-hybridized carbons (Fsp3) is 1.00. The SMILES string of the molecule is O=S(=O)(O)CCCCN(CCCCS(=O)(=O)O)CCCN1CS1(=O)=O. The van der Waals surface area contributed by atoms with Gasteiger partial charge in [0.25, 0.3) is 20.2 Å². The molecular formula is C12H26N2O8S3. The molecule has 2 N–H and O–H groups in total. The fourth-order valence-electron chi connectivity index (χ4n) is 2.41. The van der Waals surface area contributed by atoms with Gasteiger partial charge in [-0.3, -0.25) is 9.11 Å².